The van der Waals surface area contributed by atoms with Crippen molar-refractivity contribution in [3.8, 4) is 0 Å². The molecule has 4 fully saturated rings. The first kappa shape index (κ1) is 38.5. The number of epoxide rings is 1. The number of ether oxygens (including phenoxy) is 4. The molecule has 0 spiro atoms. The Balaban J connectivity index is 1.18. The second-order valence-electron chi connectivity index (χ2n) is 16.7. The number of fused-ring (bicyclic) bond motifs is 7. The number of carbonyl (C=O) groups is 4. The summed E-state index contributed by atoms with van der Waals surface area (Å²) in [5.74, 6) is -6.33. The van der Waals surface area contributed by atoms with Crippen molar-refractivity contribution in [2.45, 2.75) is 68.7 Å². The summed E-state index contributed by atoms with van der Waals surface area (Å²) in [5, 5.41) is 25.9. The maximum absolute atomic E-state index is 14.0. The Labute approximate surface area is 331 Å². The molecule has 10 unspecified atom stereocenters. The van der Waals surface area contributed by atoms with Gasteiger partial charge in [0.2, 0.25) is 0 Å². The summed E-state index contributed by atoms with van der Waals surface area (Å²) in [5.41, 5.74) is -5.20. The number of ketones is 1. The molecule has 1 heterocycles. The van der Waals surface area contributed by atoms with Gasteiger partial charge in [-0.2, -0.15) is 0 Å². The predicted molar refractivity (Wildman–Crippen MR) is 210 cm³/mol. The Hall–Kier alpha value is -5.42. The highest BCUT2D eigenvalue weighted by Crippen LogP contribution is 2.80. The van der Waals surface area contributed by atoms with Gasteiger partial charge in [0.15, 0.2) is 11.4 Å². The maximum atomic E-state index is 14.0. The zero-order valence-electron chi connectivity index (χ0n) is 32.2. The van der Waals surface area contributed by atoms with E-state index in [1.54, 1.807) is 38.2 Å². The largest absolute Gasteiger partial charge is 0.459 e. The summed E-state index contributed by atoms with van der Waals surface area (Å²) in [7, 11) is 0. The van der Waals surface area contributed by atoms with Gasteiger partial charge in [-0.3, -0.25) is 4.79 Å². The van der Waals surface area contributed by atoms with Gasteiger partial charge in [-0.15, -0.1) is 0 Å². The lowest BCUT2D eigenvalue weighted by molar-refractivity contribution is -0.235. The van der Waals surface area contributed by atoms with Crippen molar-refractivity contribution in [2.24, 2.45) is 29.1 Å². The molecule has 3 aromatic rings. The number of benzene rings is 3. The van der Waals surface area contributed by atoms with Crippen molar-refractivity contribution in [1.82, 2.24) is 0 Å². The molecule has 0 amide bonds. The van der Waals surface area contributed by atoms with E-state index in [1.165, 1.54) is 18.2 Å². The standard InChI is InChI=1S/C47H46O10/c1-29-26-34-45(52,40(29)51)27-44(28-54-35(48)23-20-31-14-8-5-9-15-31)42(57-44)38-39-43(3,4)47(39,56-37(50)25-22-33-18-12-7-13-19-33)41(30(2)46(34,38)53)55-36(49)24-21-32-16-10-6-11-17-32/h5-26,30,34,38-39,41-42,52-53H,27-28H2,1-4H3/b23-20+,24-21+,25-22+. The molecular formula is C47H46O10. The zero-order chi connectivity index (χ0) is 40.4. The summed E-state index contributed by atoms with van der Waals surface area (Å²) in [6, 6.07) is 27.7. The minimum atomic E-state index is -2.14. The van der Waals surface area contributed by atoms with Crippen LogP contribution in [0.3, 0.4) is 0 Å². The molecule has 4 aliphatic carbocycles. The van der Waals surface area contributed by atoms with Crippen LogP contribution < -0.4 is 0 Å². The van der Waals surface area contributed by atoms with Gasteiger partial charge in [0, 0.05) is 53.7 Å². The fourth-order valence-corrected chi connectivity index (χ4v) is 10.4. The Kier molecular flexibility index (Phi) is 9.38. The highest BCUT2D eigenvalue weighted by atomic mass is 16.6. The van der Waals surface area contributed by atoms with E-state index in [-0.39, 0.29) is 18.6 Å². The highest BCUT2D eigenvalue weighted by Gasteiger charge is 2.92. The Morgan fingerprint density at radius 3 is 1.84 bits per heavy atom. The topological polar surface area (TPSA) is 149 Å². The van der Waals surface area contributed by atoms with E-state index in [4.69, 9.17) is 18.9 Å². The highest BCUT2D eigenvalue weighted by molar-refractivity contribution is 6.05. The number of hydrogen-bond acceptors (Lipinski definition) is 10. The van der Waals surface area contributed by atoms with Crippen molar-refractivity contribution >= 4 is 41.9 Å². The molecule has 3 aromatic carbocycles. The third-order valence-electron chi connectivity index (χ3n) is 13.2. The molecule has 3 saturated carbocycles. The van der Waals surface area contributed by atoms with Crippen molar-refractivity contribution < 1.29 is 48.3 Å². The summed E-state index contributed by atoms with van der Waals surface area (Å²) in [4.78, 5) is 54.6. The molecule has 294 valence electrons. The van der Waals surface area contributed by atoms with Crippen LogP contribution in [0.4, 0.5) is 0 Å². The Bertz CT molecular complexity index is 2210. The monoisotopic (exact) mass is 770 g/mol. The van der Waals surface area contributed by atoms with Gasteiger partial charge in [0.1, 0.15) is 23.9 Å². The fourth-order valence-electron chi connectivity index (χ4n) is 10.4. The molecule has 10 atom stereocenters. The van der Waals surface area contributed by atoms with Gasteiger partial charge in [-0.05, 0) is 47.4 Å². The fraction of sp³-hybridized carbons (Fsp3) is 0.362. The lowest BCUT2D eigenvalue weighted by Crippen LogP contribution is -2.67. The van der Waals surface area contributed by atoms with Gasteiger partial charge in [0.25, 0.3) is 0 Å². The van der Waals surface area contributed by atoms with Crippen LogP contribution in [0.2, 0.25) is 0 Å². The summed E-state index contributed by atoms with van der Waals surface area (Å²) in [6.45, 7) is 6.76. The lowest BCUT2D eigenvalue weighted by Gasteiger charge is -2.53. The van der Waals surface area contributed by atoms with Crippen molar-refractivity contribution in [3.63, 3.8) is 0 Å². The number of esters is 3. The molecule has 5 aliphatic rings. The average Bonchev–Trinajstić information content (AvgIpc) is 4.01. The molecule has 1 saturated heterocycles. The van der Waals surface area contributed by atoms with Crippen LogP contribution >= 0.6 is 0 Å². The molecule has 0 radical (unpaired) electrons. The van der Waals surface area contributed by atoms with Crippen LogP contribution in [0.5, 0.6) is 0 Å². The van der Waals surface area contributed by atoms with Gasteiger partial charge in [-0.1, -0.05) is 118 Å². The molecule has 57 heavy (non-hydrogen) atoms. The van der Waals surface area contributed by atoms with E-state index in [9.17, 15) is 29.4 Å². The summed E-state index contributed by atoms with van der Waals surface area (Å²) < 4.78 is 25.0. The van der Waals surface area contributed by atoms with Gasteiger partial charge in [-0.25, -0.2) is 14.4 Å². The van der Waals surface area contributed by atoms with Gasteiger partial charge < -0.3 is 29.2 Å². The maximum Gasteiger partial charge on any atom is 0.331 e. The molecule has 10 nitrogen and oxygen atoms in total. The molecule has 0 bridgehead atoms. The number of rotatable bonds is 10. The van der Waals surface area contributed by atoms with E-state index >= 15 is 0 Å². The zero-order valence-corrected chi connectivity index (χ0v) is 32.2. The van der Waals surface area contributed by atoms with Crippen LogP contribution in [0, 0.1) is 29.1 Å². The number of carbonyl (C=O) groups excluding carboxylic acids is 4. The van der Waals surface area contributed by atoms with Crippen LogP contribution in [0.25, 0.3) is 18.2 Å². The first-order chi connectivity index (χ1) is 27.2. The van der Waals surface area contributed by atoms with E-state index < -0.39 is 87.4 Å². The third kappa shape index (κ3) is 6.22. The Morgan fingerprint density at radius 1 is 0.789 bits per heavy atom. The van der Waals surface area contributed by atoms with Crippen LogP contribution in [-0.4, -0.2) is 75.1 Å². The third-order valence-corrected chi connectivity index (χ3v) is 13.2. The smallest absolute Gasteiger partial charge is 0.331 e. The molecule has 0 aromatic heterocycles. The Morgan fingerprint density at radius 2 is 1.30 bits per heavy atom. The van der Waals surface area contributed by atoms with Crippen molar-refractivity contribution in [2.75, 3.05) is 6.61 Å². The molecule has 8 rings (SSSR count). The summed E-state index contributed by atoms with van der Waals surface area (Å²) in [6.07, 6.45) is 8.07. The molecule has 1 aliphatic heterocycles. The van der Waals surface area contributed by atoms with E-state index in [1.807, 2.05) is 105 Å². The average molecular weight is 771 g/mol. The van der Waals surface area contributed by atoms with Gasteiger partial charge >= 0.3 is 17.9 Å². The van der Waals surface area contributed by atoms with Crippen LogP contribution in [0.15, 0.2) is 121 Å². The minimum absolute atomic E-state index is 0.257. The first-order valence-electron chi connectivity index (χ1n) is 19.3. The first-order valence-corrected chi connectivity index (χ1v) is 19.3. The second-order valence-corrected chi connectivity index (χ2v) is 16.7. The van der Waals surface area contributed by atoms with E-state index in [2.05, 4.69) is 0 Å². The molecular weight excluding hydrogens is 725 g/mol. The normalized spacial score (nSPS) is 35.7. The van der Waals surface area contributed by atoms with E-state index in [0.29, 0.717) is 0 Å². The predicted octanol–water partition coefficient (Wildman–Crippen LogP) is 5.93. The lowest BCUT2D eigenvalue weighted by atomic mass is 9.58. The van der Waals surface area contributed by atoms with Crippen LogP contribution in [0.1, 0.15) is 50.8 Å². The van der Waals surface area contributed by atoms with Crippen molar-refractivity contribution in [1.29, 1.82) is 0 Å². The quantitative estimate of drug-likeness (QED) is 0.110. The minimum Gasteiger partial charge on any atom is -0.459 e. The van der Waals surface area contributed by atoms with Gasteiger partial charge in [0.05, 0.1) is 11.7 Å². The molecule has 10 heteroatoms. The molecule has 2 N–H and O–H groups in total. The second kappa shape index (κ2) is 13.9. The number of Topliss-reactive ketones (excluding diaryl/α,β-unsaturated/α-hetero) is 1. The van der Waals surface area contributed by atoms with E-state index in [0.717, 1.165) is 16.7 Å². The summed E-state index contributed by atoms with van der Waals surface area (Å²) >= 11 is 0. The SMILES string of the molecule is CC1=CC2C(O)(CC3(COC(=O)/C=C/c4ccccc4)OC3C3C4C(C)(C)C4(OC(=O)/C=C/c4ccccc4)C(OC(=O)/C=C/c4ccccc4)C(C)C32O)C1=O. The number of hydrogen-bond donors (Lipinski definition) is 2. The number of aliphatic hydroxyl groups is 2. The van der Waals surface area contributed by atoms with Crippen LogP contribution in [-0.2, 0) is 38.1 Å². The van der Waals surface area contributed by atoms with Crippen molar-refractivity contribution in [3.05, 3.63) is 138 Å².